The first-order valence-corrected chi connectivity index (χ1v) is 30.2. The van der Waals surface area contributed by atoms with Crippen molar-refractivity contribution in [3.8, 4) is 23.0 Å². The van der Waals surface area contributed by atoms with Crippen molar-refractivity contribution in [2.75, 3.05) is 0 Å². The van der Waals surface area contributed by atoms with Crippen LogP contribution in [0.25, 0.3) is 0 Å². The SMILES string of the molecule is CCCC[Si](C)(C)CCCc1cc(O)c2c(c1)OC(C)(CCCCC[Si](C)(C)CCCCc1cc(O)c3c(c1)OC(C)(C)[C@@H]1CCC(C)=C[C@@H]31)[C@@H]1CCC(C)=C[C@@H]21. The summed E-state index contributed by atoms with van der Waals surface area (Å²) in [6, 6.07) is 14.1. The number of fused-ring (bicyclic) bond motifs is 6. The number of hydrogen-bond acceptors (Lipinski definition) is 4. The fraction of sp³-hybridized carbons (Fsp3) is 0.686. The molecule has 1 unspecified atom stereocenters. The third-order valence-electron chi connectivity index (χ3n) is 15.0. The van der Waals surface area contributed by atoms with Gasteiger partial charge >= 0.3 is 0 Å². The Morgan fingerprint density at radius 1 is 0.614 bits per heavy atom. The van der Waals surface area contributed by atoms with Gasteiger partial charge < -0.3 is 19.7 Å². The van der Waals surface area contributed by atoms with Gasteiger partial charge in [0.25, 0.3) is 0 Å². The average molecular weight is 813 g/mol. The highest BCUT2D eigenvalue weighted by molar-refractivity contribution is 6.77. The monoisotopic (exact) mass is 813 g/mol. The second-order valence-electron chi connectivity index (χ2n) is 21.6. The number of aryl methyl sites for hydroxylation is 2. The molecule has 2 aromatic rings. The van der Waals surface area contributed by atoms with E-state index < -0.39 is 16.1 Å². The fourth-order valence-corrected chi connectivity index (χ4v) is 16.8. The molecule has 5 atom stereocenters. The lowest BCUT2D eigenvalue weighted by Gasteiger charge is -2.48. The Bertz CT molecular complexity index is 1770. The maximum atomic E-state index is 11.5. The van der Waals surface area contributed by atoms with Crippen LogP contribution in [0.5, 0.6) is 23.0 Å². The number of ether oxygens (including phenoxy) is 2. The van der Waals surface area contributed by atoms with Crippen molar-refractivity contribution in [3.05, 3.63) is 69.8 Å². The molecule has 4 nitrogen and oxygen atoms in total. The molecular weight excluding hydrogens is 733 g/mol. The van der Waals surface area contributed by atoms with E-state index in [-0.39, 0.29) is 23.0 Å². The second-order valence-corrected chi connectivity index (χ2v) is 32.3. The summed E-state index contributed by atoms with van der Waals surface area (Å²) in [5.74, 6) is 4.01. The van der Waals surface area contributed by atoms with Crippen LogP contribution >= 0.6 is 0 Å². The van der Waals surface area contributed by atoms with Crippen molar-refractivity contribution in [3.63, 3.8) is 0 Å². The average Bonchev–Trinajstić information content (AvgIpc) is 3.11. The summed E-state index contributed by atoms with van der Waals surface area (Å²) in [5.41, 5.74) is 6.93. The van der Waals surface area contributed by atoms with Crippen LogP contribution in [-0.4, -0.2) is 37.6 Å². The number of aromatic hydroxyl groups is 2. The summed E-state index contributed by atoms with van der Waals surface area (Å²) in [7, 11) is -2.46. The molecule has 2 aliphatic carbocycles. The third-order valence-corrected chi connectivity index (χ3v) is 21.9. The molecule has 0 bridgehead atoms. The Kier molecular flexibility index (Phi) is 14.0. The maximum Gasteiger partial charge on any atom is 0.127 e. The Balaban J connectivity index is 0.986. The molecule has 6 heteroatoms. The van der Waals surface area contributed by atoms with Gasteiger partial charge in [-0.25, -0.2) is 0 Å². The van der Waals surface area contributed by atoms with E-state index in [2.05, 4.69) is 98.1 Å². The van der Waals surface area contributed by atoms with Crippen molar-refractivity contribution in [2.45, 2.75) is 211 Å². The van der Waals surface area contributed by atoms with Gasteiger partial charge in [-0.2, -0.15) is 0 Å². The predicted molar refractivity (Wildman–Crippen MR) is 247 cm³/mol. The van der Waals surface area contributed by atoms with E-state index in [9.17, 15) is 10.2 Å². The molecule has 4 aliphatic rings. The Labute approximate surface area is 350 Å². The first-order chi connectivity index (χ1) is 26.9. The van der Waals surface area contributed by atoms with Crippen LogP contribution in [0.2, 0.25) is 50.4 Å². The third kappa shape index (κ3) is 10.7. The van der Waals surface area contributed by atoms with Crippen LogP contribution in [0.3, 0.4) is 0 Å². The lowest BCUT2D eigenvalue weighted by molar-refractivity contribution is -0.0148. The first kappa shape index (κ1) is 44.1. The van der Waals surface area contributed by atoms with Crippen LogP contribution in [0, 0.1) is 11.8 Å². The quantitative estimate of drug-likeness (QED) is 0.0894. The number of benzene rings is 2. The number of phenols is 2. The van der Waals surface area contributed by atoms with Crippen LogP contribution in [-0.2, 0) is 12.8 Å². The van der Waals surface area contributed by atoms with E-state index in [1.54, 1.807) is 0 Å². The molecule has 2 heterocycles. The van der Waals surface area contributed by atoms with Gasteiger partial charge in [-0.05, 0) is 128 Å². The van der Waals surface area contributed by atoms with Gasteiger partial charge in [0, 0.05) is 50.9 Å². The Morgan fingerprint density at radius 2 is 1.11 bits per heavy atom. The fourth-order valence-electron chi connectivity index (χ4n) is 11.4. The van der Waals surface area contributed by atoms with Crippen LogP contribution in [0.1, 0.15) is 159 Å². The van der Waals surface area contributed by atoms with Gasteiger partial charge in [-0.15, -0.1) is 0 Å². The van der Waals surface area contributed by atoms with Gasteiger partial charge in [-0.3, -0.25) is 0 Å². The molecule has 0 spiro atoms. The zero-order valence-corrected chi connectivity index (χ0v) is 39.9. The minimum absolute atomic E-state index is 0.207. The van der Waals surface area contributed by atoms with Crippen molar-refractivity contribution in [2.24, 2.45) is 11.8 Å². The lowest BCUT2D eigenvalue weighted by atomic mass is 9.66. The van der Waals surface area contributed by atoms with Gasteiger partial charge in [0.05, 0.1) is 0 Å². The van der Waals surface area contributed by atoms with Gasteiger partial charge in [0.2, 0.25) is 0 Å². The summed E-state index contributed by atoms with van der Waals surface area (Å²) in [6.45, 7) is 23.9. The highest BCUT2D eigenvalue weighted by atomic mass is 28.3. The molecule has 6 rings (SSSR count). The summed E-state index contributed by atoms with van der Waals surface area (Å²) in [6.07, 6.45) is 22.5. The van der Waals surface area contributed by atoms with Crippen LogP contribution in [0.15, 0.2) is 47.6 Å². The molecular formula is C51H80O4Si2. The number of unbranched alkanes of at least 4 members (excludes halogenated alkanes) is 4. The Morgan fingerprint density at radius 3 is 1.70 bits per heavy atom. The van der Waals surface area contributed by atoms with E-state index in [1.165, 1.54) is 91.4 Å². The van der Waals surface area contributed by atoms with Gasteiger partial charge in [0.15, 0.2) is 0 Å². The highest BCUT2D eigenvalue weighted by Gasteiger charge is 2.48. The second kappa shape index (κ2) is 18.0. The molecule has 2 aromatic carbocycles. The van der Waals surface area contributed by atoms with Crippen LogP contribution in [0.4, 0.5) is 0 Å². The number of allylic oxidation sites excluding steroid dienone is 4. The van der Waals surface area contributed by atoms with Crippen molar-refractivity contribution >= 4 is 16.1 Å². The lowest BCUT2D eigenvalue weighted by Crippen LogP contribution is -2.47. The molecule has 2 aliphatic heterocycles. The molecule has 0 aromatic heterocycles. The zero-order valence-electron chi connectivity index (χ0n) is 37.9. The highest BCUT2D eigenvalue weighted by Crippen LogP contribution is 2.56. The summed E-state index contributed by atoms with van der Waals surface area (Å²) < 4.78 is 13.7. The summed E-state index contributed by atoms with van der Waals surface area (Å²) in [4.78, 5) is 0. The van der Waals surface area contributed by atoms with Crippen LogP contribution < -0.4 is 9.47 Å². The molecule has 0 radical (unpaired) electrons. The molecule has 0 saturated heterocycles. The minimum atomic E-state index is -1.30. The maximum absolute atomic E-state index is 11.5. The van der Waals surface area contributed by atoms with Crippen molar-refractivity contribution in [1.82, 2.24) is 0 Å². The van der Waals surface area contributed by atoms with Gasteiger partial charge in [-0.1, -0.05) is 119 Å². The molecule has 2 N–H and O–H groups in total. The number of hydrogen-bond donors (Lipinski definition) is 2. The minimum Gasteiger partial charge on any atom is -0.507 e. The molecule has 0 fully saturated rings. The molecule has 0 saturated carbocycles. The topological polar surface area (TPSA) is 58.9 Å². The normalized spacial score (nSPS) is 25.2. The summed E-state index contributed by atoms with van der Waals surface area (Å²) in [5, 5.41) is 22.7. The number of rotatable bonds is 18. The Hall–Kier alpha value is -2.45. The first-order valence-electron chi connectivity index (χ1n) is 23.3. The van der Waals surface area contributed by atoms with E-state index in [0.29, 0.717) is 23.3 Å². The van der Waals surface area contributed by atoms with Crippen molar-refractivity contribution in [1.29, 1.82) is 0 Å². The van der Waals surface area contributed by atoms with E-state index >= 15 is 0 Å². The van der Waals surface area contributed by atoms with E-state index in [1.807, 2.05) is 6.07 Å². The molecule has 316 valence electrons. The largest absolute Gasteiger partial charge is 0.507 e. The van der Waals surface area contributed by atoms with Crippen molar-refractivity contribution < 1.29 is 19.7 Å². The van der Waals surface area contributed by atoms with E-state index in [4.69, 9.17) is 9.47 Å². The predicted octanol–water partition coefficient (Wildman–Crippen LogP) is 15.0. The molecule has 0 amide bonds. The van der Waals surface area contributed by atoms with E-state index in [0.717, 1.165) is 74.0 Å². The van der Waals surface area contributed by atoms with Gasteiger partial charge in [0.1, 0.15) is 34.2 Å². The zero-order chi connectivity index (χ0) is 41.2. The molecule has 57 heavy (non-hydrogen) atoms. The standard InChI is InChI=1S/C51H80O4Si2/c1-11-12-26-56(7,8)29-18-20-39-33-45(53)49-41-31-37(3)22-24-43(41)51(6,55-47(49)35-39)25-15-13-16-27-57(9,10)28-17-14-19-38-32-44(52)48-40-30-36(2)21-23-42(40)50(4,5)54-46(48)34-38/h30-35,40-43,52-53H,11-29H2,1-10H3/t40-,41-,42-,43-,51?/m1/s1. The summed E-state index contributed by atoms with van der Waals surface area (Å²) >= 11 is 0. The smallest absolute Gasteiger partial charge is 0.127 e. The number of phenolic OH excluding ortho intramolecular Hbond substituents is 2.